The third-order valence-electron chi connectivity index (χ3n) is 4.81. The van der Waals surface area contributed by atoms with Gasteiger partial charge in [0.05, 0.1) is 32.0 Å². The molecule has 2 aliphatic rings. The molecule has 10 nitrogen and oxygen atoms in total. The fourth-order valence-corrected chi connectivity index (χ4v) is 3.42. The van der Waals surface area contributed by atoms with Crippen molar-refractivity contribution in [3.05, 3.63) is 24.4 Å². The highest BCUT2D eigenvalue weighted by molar-refractivity contribution is 5.94. The normalized spacial score (nSPS) is 19.6. The fraction of sp³-hybridized carbons (Fsp3) is 0.368. The van der Waals surface area contributed by atoms with Crippen LogP contribution in [0.1, 0.15) is 6.92 Å². The van der Waals surface area contributed by atoms with Crippen LogP contribution in [0.25, 0.3) is 11.1 Å². The Bertz CT molecular complexity index is 966. The van der Waals surface area contributed by atoms with Crippen molar-refractivity contribution in [1.82, 2.24) is 15.3 Å². The molecule has 152 valence electrons. The van der Waals surface area contributed by atoms with E-state index in [9.17, 15) is 9.59 Å². The van der Waals surface area contributed by atoms with E-state index >= 15 is 0 Å². The van der Waals surface area contributed by atoms with Gasteiger partial charge in [-0.2, -0.15) is 4.98 Å². The minimum atomic E-state index is -0.477. The summed E-state index contributed by atoms with van der Waals surface area (Å²) in [5, 5.41) is 2.68. The van der Waals surface area contributed by atoms with Crippen LogP contribution in [0.3, 0.4) is 0 Å². The first-order chi connectivity index (χ1) is 14.0. The lowest BCUT2D eigenvalue weighted by atomic mass is 10.0. The summed E-state index contributed by atoms with van der Waals surface area (Å²) in [4.78, 5) is 33.5. The van der Waals surface area contributed by atoms with Gasteiger partial charge in [-0.1, -0.05) is 6.07 Å². The van der Waals surface area contributed by atoms with Crippen molar-refractivity contribution >= 4 is 17.7 Å². The highest BCUT2D eigenvalue weighted by atomic mass is 16.6. The first-order valence-electron chi connectivity index (χ1n) is 8.98. The maximum atomic E-state index is 12.4. The molecule has 0 radical (unpaired) electrons. The molecule has 0 spiro atoms. The molecule has 1 aromatic carbocycles. The summed E-state index contributed by atoms with van der Waals surface area (Å²) in [7, 11) is 2.99. The maximum absolute atomic E-state index is 12.4. The molecule has 10 heteroatoms. The lowest BCUT2D eigenvalue weighted by molar-refractivity contribution is -0.119. The number of nitrogens with one attached hydrogen (secondary N) is 1. The second-order valence-electron chi connectivity index (χ2n) is 6.57. The molecule has 0 saturated carbocycles. The van der Waals surface area contributed by atoms with Crippen molar-refractivity contribution in [3.8, 4) is 28.8 Å². The average Bonchev–Trinajstić information content (AvgIpc) is 3.07. The number of fused-ring (bicyclic) bond motifs is 3. The van der Waals surface area contributed by atoms with Crippen molar-refractivity contribution < 1.29 is 28.5 Å². The molecule has 2 amide bonds. The van der Waals surface area contributed by atoms with Crippen molar-refractivity contribution in [2.75, 3.05) is 32.3 Å². The van der Waals surface area contributed by atoms with Crippen LogP contribution in [0.2, 0.25) is 0 Å². The van der Waals surface area contributed by atoms with Gasteiger partial charge in [0, 0.05) is 13.1 Å². The molecule has 2 unspecified atom stereocenters. The minimum Gasteiger partial charge on any atom is -0.489 e. The second kappa shape index (κ2) is 7.46. The number of cyclic esters (lactones) is 1. The van der Waals surface area contributed by atoms with E-state index in [1.807, 2.05) is 6.07 Å². The third-order valence-corrected chi connectivity index (χ3v) is 4.81. The van der Waals surface area contributed by atoms with Gasteiger partial charge >= 0.3 is 12.1 Å². The smallest absolute Gasteiger partial charge is 0.415 e. The largest absolute Gasteiger partial charge is 0.489 e. The lowest BCUT2D eigenvalue weighted by Gasteiger charge is -2.31. The topological polar surface area (TPSA) is 112 Å². The molecular weight excluding hydrogens is 380 g/mol. The summed E-state index contributed by atoms with van der Waals surface area (Å²) in [6.07, 6.45) is 0.660. The molecule has 29 heavy (non-hydrogen) atoms. The Morgan fingerprint density at radius 1 is 1.34 bits per heavy atom. The van der Waals surface area contributed by atoms with E-state index in [0.29, 0.717) is 22.9 Å². The van der Waals surface area contributed by atoms with E-state index in [1.54, 1.807) is 23.2 Å². The van der Waals surface area contributed by atoms with Gasteiger partial charge in [-0.3, -0.25) is 9.69 Å². The zero-order valence-electron chi connectivity index (χ0n) is 16.2. The van der Waals surface area contributed by atoms with Crippen molar-refractivity contribution in [3.63, 3.8) is 0 Å². The SMILES string of the molecule is COc1ncc(-c2ccc3c(c2)OCC2C(CNC(C)=O)OC(=O)N32)c(OC)n1. The van der Waals surface area contributed by atoms with Crippen molar-refractivity contribution in [2.45, 2.75) is 19.1 Å². The summed E-state index contributed by atoms with van der Waals surface area (Å²) >= 11 is 0. The van der Waals surface area contributed by atoms with Gasteiger partial charge in [-0.15, -0.1) is 0 Å². The standard InChI is InChI=1S/C19H20N4O6/c1-10(24)20-8-16-14-9-28-15-6-11(4-5-13(15)23(14)19(25)29-16)12-7-21-18(27-3)22-17(12)26-2/h4-7,14,16H,8-9H2,1-3H3,(H,20,24). The summed E-state index contributed by atoms with van der Waals surface area (Å²) < 4.78 is 21.7. The zero-order chi connectivity index (χ0) is 20.5. The molecule has 3 heterocycles. The minimum absolute atomic E-state index is 0.183. The molecule has 2 aromatic rings. The number of anilines is 1. The molecule has 1 saturated heterocycles. The van der Waals surface area contributed by atoms with Gasteiger partial charge < -0.3 is 24.3 Å². The Morgan fingerprint density at radius 3 is 2.90 bits per heavy atom. The lowest BCUT2D eigenvalue weighted by Crippen LogP contribution is -2.47. The number of amides is 2. The highest BCUT2D eigenvalue weighted by Gasteiger charge is 2.46. The molecule has 0 bridgehead atoms. The van der Waals surface area contributed by atoms with Crippen LogP contribution in [0.15, 0.2) is 24.4 Å². The van der Waals surface area contributed by atoms with Gasteiger partial charge in [0.25, 0.3) is 0 Å². The summed E-state index contributed by atoms with van der Waals surface area (Å²) in [5.41, 5.74) is 2.03. The summed E-state index contributed by atoms with van der Waals surface area (Å²) in [5.74, 6) is 0.715. The number of rotatable bonds is 5. The highest BCUT2D eigenvalue weighted by Crippen LogP contribution is 2.42. The van der Waals surface area contributed by atoms with Gasteiger partial charge in [0.15, 0.2) is 0 Å². The number of nitrogens with zero attached hydrogens (tertiary/aromatic N) is 3. The Hall–Kier alpha value is -3.56. The van der Waals surface area contributed by atoms with Crippen molar-refractivity contribution in [1.29, 1.82) is 0 Å². The first-order valence-corrected chi connectivity index (χ1v) is 8.98. The maximum Gasteiger partial charge on any atom is 0.415 e. The number of hydrogen-bond acceptors (Lipinski definition) is 8. The Morgan fingerprint density at radius 2 is 2.17 bits per heavy atom. The van der Waals surface area contributed by atoms with Crippen LogP contribution in [0.5, 0.6) is 17.6 Å². The molecule has 2 aliphatic heterocycles. The zero-order valence-corrected chi connectivity index (χ0v) is 16.2. The Balaban J connectivity index is 1.64. The number of benzene rings is 1. The number of aromatic nitrogens is 2. The van der Waals surface area contributed by atoms with Gasteiger partial charge in [0.2, 0.25) is 11.8 Å². The molecular formula is C19H20N4O6. The van der Waals surface area contributed by atoms with Crippen LogP contribution < -0.4 is 24.4 Å². The molecule has 1 fully saturated rings. The number of ether oxygens (including phenoxy) is 4. The molecule has 1 aromatic heterocycles. The summed E-state index contributed by atoms with van der Waals surface area (Å²) in [6.45, 7) is 1.90. The predicted molar refractivity (Wildman–Crippen MR) is 101 cm³/mol. The predicted octanol–water partition coefficient (Wildman–Crippen LogP) is 1.38. The van der Waals surface area contributed by atoms with Crippen LogP contribution >= 0.6 is 0 Å². The Kier molecular flexibility index (Phi) is 4.83. The van der Waals surface area contributed by atoms with E-state index in [0.717, 1.165) is 5.56 Å². The first kappa shape index (κ1) is 18.8. The quantitative estimate of drug-likeness (QED) is 0.801. The number of hydrogen-bond donors (Lipinski definition) is 1. The molecule has 0 aliphatic carbocycles. The second-order valence-corrected chi connectivity index (χ2v) is 6.57. The molecule has 4 rings (SSSR count). The number of methoxy groups -OCH3 is 2. The monoisotopic (exact) mass is 400 g/mol. The third kappa shape index (κ3) is 3.37. The van der Waals surface area contributed by atoms with Gasteiger partial charge in [-0.05, 0) is 17.7 Å². The van der Waals surface area contributed by atoms with Gasteiger partial charge in [0.1, 0.15) is 24.5 Å². The van der Waals surface area contributed by atoms with Crippen molar-refractivity contribution in [2.24, 2.45) is 0 Å². The van der Waals surface area contributed by atoms with Gasteiger partial charge in [-0.25, -0.2) is 9.78 Å². The van der Waals surface area contributed by atoms with Crippen LogP contribution in [0.4, 0.5) is 10.5 Å². The van der Waals surface area contributed by atoms with E-state index in [1.165, 1.54) is 21.1 Å². The van der Waals surface area contributed by atoms with E-state index in [-0.39, 0.29) is 31.1 Å². The number of carbonyl (C=O) groups excluding carboxylic acids is 2. The van der Waals surface area contributed by atoms with Crippen LogP contribution in [-0.4, -0.2) is 61.5 Å². The Labute approximate surface area is 166 Å². The van der Waals surface area contributed by atoms with E-state index in [4.69, 9.17) is 18.9 Å². The van der Waals surface area contributed by atoms with Crippen LogP contribution in [0, 0.1) is 0 Å². The van der Waals surface area contributed by atoms with E-state index < -0.39 is 12.2 Å². The molecule has 2 atom stereocenters. The van der Waals surface area contributed by atoms with E-state index in [2.05, 4.69) is 15.3 Å². The summed E-state index contributed by atoms with van der Waals surface area (Å²) in [6, 6.07) is 5.29. The number of carbonyl (C=O) groups is 2. The fourth-order valence-electron chi connectivity index (χ4n) is 3.42. The molecule has 1 N–H and O–H groups in total. The van der Waals surface area contributed by atoms with Crippen LogP contribution in [-0.2, 0) is 9.53 Å². The average molecular weight is 400 g/mol.